The first-order chi connectivity index (χ1) is 9.77. The van der Waals surface area contributed by atoms with E-state index in [0.717, 1.165) is 12.1 Å². The van der Waals surface area contributed by atoms with E-state index in [9.17, 15) is 17.6 Å². The molecule has 112 valence electrons. The number of anilines is 1. The Morgan fingerprint density at radius 2 is 1.67 bits per heavy atom. The van der Waals surface area contributed by atoms with Crippen LogP contribution in [-0.2, 0) is 12.7 Å². The molecule has 2 aromatic carbocycles. The van der Waals surface area contributed by atoms with Crippen molar-refractivity contribution in [3.8, 4) is 0 Å². The summed E-state index contributed by atoms with van der Waals surface area (Å²) in [6, 6.07) is 7.20. The zero-order valence-corrected chi connectivity index (χ0v) is 12.0. The van der Waals surface area contributed by atoms with Gasteiger partial charge in [-0.3, -0.25) is 0 Å². The summed E-state index contributed by atoms with van der Waals surface area (Å²) in [6.45, 7) is 0.255. The van der Waals surface area contributed by atoms with Crippen molar-refractivity contribution in [1.82, 2.24) is 0 Å². The predicted octanol–water partition coefficient (Wildman–Crippen LogP) is 5.76. The number of benzene rings is 2. The first-order valence-corrected chi connectivity index (χ1v) is 6.57. The highest BCUT2D eigenvalue weighted by Crippen LogP contribution is 2.33. The van der Waals surface area contributed by atoms with Crippen molar-refractivity contribution in [3.05, 3.63) is 63.4 Å². The number of rotatable bonds is 3. The Kier molecular flexibility index (Phi) is 4.64. The van der Waals surface area contributed by atoms with Gasteiger partial charge in [0.25, 0.3) is 0 Å². The van der Waals surface area contributed by atoms with Crippen LogP contribution < -0.4 is 5.32 Å². The van der Waals surface area contributed by atoms with Crippen molar-refractivity contribution < 1.29 is 17.6 Å². The molecule has 0 saturated heterocycles. The summed E-state index contributed by atoms with van der Waals surface area (Å²) in [7, 11) is 0. The van der Waals surface area contributed by atoms with Crippen LogP contribution in [0.2, 0.25) is 10.0 Å². The number of halogens is 6. The van der Waals surface area contributed by atoms with Crippen LogP contribution in [-0.4, -0.2) is 0 Å². The van der Waals surface area contributed by atoms with Gasteiger partial charge in [-0.2, -0.15) is 13.2 Å². The smallest absolute Gasteiger partial charge is 0.380 e. The summed E-state index contributed by atoms with van der Waals surface area (Å²) in [4.78, 5) is 0. The molecule has 0 saturated carbocycles. The molecule has 0 aliphatic carbocycles. The van der Waals surface area contributed by atoms with E-state index in [1.165, 1.54) is 24.3 Å². The minimum absolute atomic E-state index is 0.0205. The molecule has 2 rings (SSSR count). The summed E-state index contributed by atoms with van der Waals surface area (Å²) in [5.74, 6) is -0.534. The molecule has 7 heteroatoms. The molecule has 0 fully saturated rings. The van der Waals surface area contributed by atoms with Gasteiger partial charge in [-0.15, -0.1) is 0 Å². The Labute approximate surface area is 128 Å². The molecule has 0 aliphatic rings. The second-order valence-electron chi connectivity index (χ2n) is 4.29. The van der Waals surface area contributed by atoms with E-state index in [0.29, 0.717) is 11.3 Å². The predicted molar refractivity (Wildman–Crippen MR) is 75.2 cm³/mol. The topological polar surface area (TPSA) is 12.0 Å². The van der Waals surface area contributed by atoms with Crippen LogP contribution >= 0.6 is 23.2 Å². The highest BCUT2D eigenvalue weighted by molar-refractivity contribution is 6.33. The van der Waals surface area contributed by atoms with Gasteiger partial charge in [-0.05, 0) is 35.9 Å². The van der Waals surface area contributed by atoms with E-state index in [4.69, 9.17) is 23.2 Å². The molecule has 0 bridgehead atoms. The van der Waals surface area contributed by atoms with E-state index in [-0.39, 0.29) is 16.6 Å². The molecule has 0 aromatic heterocycles. The highest BCUT2D eigenvalue weighted by Gasteiger charge is 2.30. The molecule has 1 N–H and O–H groups in total. The Bertz CT molecular complexity index is 656. The molecule has 0 amide bonds. The minimum Gasteiger partial charge on any atom is -0.380 e. The lowest BCUT2D eigenvalue weighted by atomic mass is 10.2. The van der Waals surface area contributed by atoms with Gasteiger partial charge in [0.1, 0.15) is 5.82 Å². The molecular weight excluding hydrogens is 329 g/mol. The first-order valence-electron chi connectivity index (χ1n) is 5.82. The van der Waals surface area contributed by atoms with E-state index in [2.05, 4.69) is 5.32 Å². The maximum atomic E-state index is 13.0. The largest absolute Gasteiger partial charge is 0.416 e. The number of nitrogens with one attached hydrogen (secondary N) is 1. The maximum Gasteiger partial charge on any atom is 0.416 e. The van der Waals surface area contributed by atoms with Gasteiger partial charge in [-0.1, -0.05) is 29.3 Å². The van der Waals surface area contributed by atoms with Crippen molar-refractivity contribution in [2.24, 2.45) is 0 Å². The lowest BCUT2D eigenvalue weighted by Crippen LogP contribution is -2.06. The van der Waals surface area contributed by atoms with Gasteiger partial charge in [0.15, 0.2) is 0 Å². The molecular formula is C14H9Cl2F4N. The number of hydrogen-bond donors (Lipinski definition) is 1. The Hall–Kier alpha value is -1.46. The van der Waals surface area contributed by atoms with Crippen molar-refractivity contribution in [2.45, 2.75) is 12.7 Å². The van der Waals surface area contributed by atoms with Gasteiger partial charge in [0, 0.05) is 6.54 Å². The van der Waals surface area contributed by atoms with Gasteiger partial charge in [0.2, 0.25) is 0 Å². The molecule has 0 heterocycles. The maximum absolute atomic E-state index is 13.0. The molecule has 2 aromatic rings. The molecule has 0 atom stereocenters. The summed E-state index contributed by atoms with van der Waals surface area (Å²) in [5, 5.41) is 2.81. The van der Waals surface area contributed by atoms with Gasteiger partial charge in [-0.25, -0.2) is 4.39 Å². The Morgan fingerprint density at radius 3 is 2.24 bits per heavy atom. The molecule has 1 nitrogen and oxygen atoms in total. The van der Waals surface area contributed by atoms with Crippen LogP contribution in [0.1, 0.15) is 11.1 Å². The van der Waals surface area contributed by atoms with Crippen LogP contribution in [0, 0.1) is 5.82 Å². The molecule has 0 radical (unpaired) electrons. The third-order valence-corrected chi connectivity index (χ3v) is 3.37. The SMILES string of the molecule is Fc1ccc(CNc2ccc(C(F)(F)F)cc2Cl)cc1Cl. The number of alkyl halides is 3. The lowest BCUT2D eigenvalue weighted by Gasteiger charge is -2.12. The fourth-order valence-corrected chi connectivity index (χ4v) is 2.13. The minimum atomic E-state index is -4.44. The van der Waals surface area contributed by atoms with Gasteiger partial charge >= 0.3 is 6.18 Å². The average molecular weight is 338 g/mol. The van der Waals surface area contributed by atoms with E-state index in [1.54, 1.807) is 0 Å². The van der Waals surface area contributed by atoms with Crippen molar-refractivity contribution in [2.75, 3.05) is 5.32 Å². The first kappa shape index (κ1) is 15.9. The van der Waals surface area contributed by atoms with Crippen LogP contribution in [0.15, 0.2) is 36.4 Å². The molecule has 21 heavy (non-hydrogen) atoms. The lowest BCUT2D eigenvalue weighted by molar-refractivity contribution is -0.137. The van der Waals surface area contributed by atoms with Gasteiger partial charge in [0.05, 0.1) is 21.3 Å². The zero-order chi connectivity index (χ0) is 15.6. The summed E-state index contributed by atoms with van der Waals surface area (Å²) < 4.78 is 50.5. The standard InChI is InChI=1S/C14H9Cl2F4N/c15-10-5-8(1-3-12(10)17)7-21-13-4-2-9(6-11(13)16)14(18,19)20/h1-6,21H,7H2. The van der Waals surface area contributed by atoms with Crippen LogP contribution in [0.5, 0.6) is 0 Å². The second kappa shape index (κ2) is 6.12. The summed E-state index contributed by atoms with van der Waals surface area (Å²) in [5.41, 5.74) is 0.213. The van der Waals surface area contributed by atoms with Crippen molar-refractivity contribution in [1.29, 1.82) is 0 Å². The molecule has 0 unspecified atom stereocenters. The Balaban J connectivity index is 2.11. The third-order valence-electron chi connectivity index (χ3n) is 2.76. The molecule has 0 spiro atoms. The fourth-order valence-electron chi connectivity index (χ4n) is 1.68. The monoisotopic (exact) mass is 337 g/mol. The van der Waals surface area contributed by atoms with Gasteiger partial charge < -0.3 is 5.32 Å². The Morgan fingerprint density at radius 1 is 0.952 bits per heavy atom. The molecule has 0 aliphatic heterocycles. The summed E-state index contributed by atoms with van der Waals surface area (Å²) in [6.07, 6.45) is -4.44. The van der Waals surface area contributed by atoms with E-state index >= 15 is 0 Å². The van der Waals surface area contributed by atoms with Crippen LogP contribution in [0.25, 0.3) is 0 Å². The van der Waals surface area contributed by atoms with Crippen LogP contribution in [0.3, 0.4) is 0 Å². The normalized spacial score (nSPS) is 11.5. The van der Waals surface area contributed by atoms with E-state index < -0.39 is 17.6 Å². The number of hydrogen-bond acceptors (Lipinski definition) is 1. The second-order valence-corrected chi connectivity index (χ2v) is 5.11. The quantitative estimate of drug-likeness (QED) is 0.701. The van der Waals surface area contributed by atoms with E-state index in [1.807, 2.05) is 0 Å². The zero-order valence-electron chi connectivity index (χ0n) is 10.4. The van der Waals surface area contributed by atoms with Crippen molar-refractivity contribution in [3.63, 3.8) is 0 Å². The third kappa shape index (κ3) is 4.02. The van der Waals surface area contributed by atoms with Crippen molar-refractivity contribution >= 4 is 28.9 Å². The fraction of sp³-hybridized carbons (Fsp3) is 0.143. The highest BCUT2D eigenvalue weighted by atomic mass is 35.5. The summed E-state index contributed by atoms with van der Waals surface area (Å²) >= 11 is 11.5. The van der Waals surface area contributed by atoms with Crippen LogP contribution in [0.4, 0.5) is 23.2 Å². The average Bonchev–Trinajstić information content (AvgIpc) is 2.40.